The Bertz CT molecular complexity index is 588. The summed E-state index contributed by atoms with van der Waals surface area (Å²) in [4.78, 5) is 0.302. The fourth-order valence-corrected chi connectivity index (χ4v) is 3.46. The molecule has 1 aromatic carbocycles. The molecule has 1 atom stereocenters. The average Bonchev–Trinajstić information content (AvgIpc) is 2.46. The predicted octanol–water partition coefficient (Wildman–Crippen LogP) is 3.55. The minimum atomic E-state index is -3.52. The van der Waals surface area contributed by atoms with Gasteiger partial charge in [-0.25, -0.2) is 8.42 Å². The Kier molecular flexibility index (Phi) is 6.59. The molecule has 0 N–H and O–H groups in total. The predicted molar refractivity (Wildman–Crippen MR) is 88.6 cm³/mol. The molecule has 0 spiro atoms. The highest BCUT2D eigenvalue weighted by atomic mass is 32.2. The topological polar surface area (TPSA) is 37.4 Å². The first-order valence-corrected chi connectivity index (χ1v) is 8.30. The highest BCUT2D eigenvalue weighted by molar-refractivity contribution is 7.89. The number of allylic oxidation sites excluding steroid dienone is 1. The van der Waals surface area contributed by atoms with Gasteiger partial charge in [0.25, 0.3) is 0 Å². The largest absolute Gasteiger partial charge is 0.243 e. The fourth-order valence-electron chi connectivity index (χ4n) is 2.00. The van der Waals surface area contributed by atoms with Gasteiger partial charge < -0.3 is 0 Å². The van der Waals surface area contributed by atoms with Crippen LogP contribution in [0.15, 0.2) is 67.1 Å². The third-order valence-corrected chi connectivity index (χ3v) is 5.08. The van der Waals surface area contributed by atoms with Crippen LogP contribution in [0.2, 0.25) is 0 Å². The Balaban J connectivity index is 3.07. The molecule has 0 bridgehead atoms. The van der Waals surface area contributed by atoms with E-state index in [0.717, 1.165) is 5.56 Å². The van der Waals surface area contributed by atoms with E-state index in [4.69, 9.17) is 0 Å². The average molecular weight is 305 g/mol. The number of sulfonamides is 1. The lowest BCUT2D eigenvalue weighted by atomic mass is 10.1. The maximum Gasteiger partial charge on any atom is 0.243 e. The van der Waals surface area contributed by atoms with Crippen LogP contribution in [-0.2, 0) is 10.0 Å². The number of nitrogens with zero attached hydrogens (tertiary/aromatic N) is 1. The number of hydrogen-bond donors (Lipinski definition) is 0. The van der Waals surface area contributed by atoms with Crippen molar-refractivity contribution in [2.75, 3.05) is 13.1 Å². The van der Waals surface area contributed by atoms with Crippen molar-refractivity contribution in [1.29, 1.82) is 0 Å². The second-order valence-electron chi connectivity index (χ2n) is 4.94. The van der Waals surface area contributed by atoms with Crippen LogP contribution >= 0.6 is 0 Å². The van der Waals surface area contributed by atoms with Crippen molar-refractivity contribution in [1.82, 2.24) is 4.31 Å². The van der Waals surface area contributed by atoms with Gasteiger partial charge >= 0.3 is 0 Å². The molecular formula is C17H23NO2S. The van der Waals surface area contributed by atoms with Gasteiger partial charge in [0, 0.05) is 13.1 Å². The summed E-state index contributed by atoms with van der Waals surface area (Å²) < 4.78 is 26.8. The monoisotopic (exact) mass is 305 g/mol. The normalized spacial score (nSPS) is 12.9. The van der Waals surface area contributed by atoms with Crippen LogP contribution in [0.3, 0.4) is 0 Å². The fraction of sp³-hybridized carbons (Fsp3) is 0.294. The molecule has 1 rings (SSSR count). The van der Waals surface area contributed by atoms with Gasteiger partial charge in [0.05, 0.1) is 4.90 Å². The Morgan fingerprint density at radius 1 is 1.14 bits per heavy atom. The highest BCUT2D eigenvalue weighted by Gasteiger charge is 2.25. The molecule has 0 unspecified atom stereocenters. The van der Waals surface area contributed by atoms with Crippen LogP contribution in [0.25, 0.3) is 0 Å². The molecule has 0 aliphatic heterocycles. The van der Waals surface area contributed by atoms with Crippen molar-refractivity contribution >= 4 is 10.0 Å². The molecule has 0 fully saturated rings. The molecule has 4 heteroatoms. The summed E-state index contributed by atoms with van der Waals surface area (Å²) in [5.74, 6) is 0.0441. The highest BCUT2D eigenvalue weighted by Crippen LogP contribution is 2.19. The van der Waals surface area contributed by atoms with Gasteiger partial charge in [-0.3, -0.25) is 0 Å². The smallest absolute Gasteiger partial charge is 0.207 e. The molecule has 0 saturated carbocycles. The van der Waals surface area contributed by atoms with Crippen molar-refractivity contribution in [2.24, 2.45) is 5.92 Å². The first kappa shape index (κ1) is 17.4. The molecule has 0 radical (unpaired) electrons. The Labute approximate surface area is 128 Å². The molecule has 114 valence electrons. The minimum absolute atomic E-state index is 0.0441. The zero-order valence-electron chi connectivity index (χ0n) is 12.5. The van der Waals surface area contributed by atoms with E-state index in [1.807, 2.05) is 6.92 Å². The minimum Gasteiger partial charge on any atom is -0.207 e. The number of benzene rings is 1. The number of aryl methyl sites for hydroxylation is 1. The van der Waals surface area contributed by atoms with Crippen LogP contribution in [0.1, 0.15) is 12.0 Å². The third kappa shape index (κ3) is 4.69. The summed E-state index contributed by atoms with van der Waals surface area (Å²) in [5.41, 5.74) is 1.03. The Morgan fingerprint density at radius 3 is 2.24 bits per heavy atom. The van der Waals surface area contributed by atoms with Gasteiger partial charge in [0.2, 0.25) is 10.0 Å². The van der Waals surface area contributed by atoms with Gasteiger partial charge in [-0.2, -0.15) is 4.31 Å². The quantitative estimate of drug-likeness (QED) is 0.654. The molecular weight excluding hydrogens is 282 g/mol. The second-order valence-corrected chi connectivity index (χ2v) is 6.88. The van der Waals surface area contributed by atoms with Crippen LogP contribution in [0.5, 0.6) is 0 Å². The van der Waals surface area contributed by atoms with E-state index in [9.17, 15) is 8.42 Å². The van der Waals surface area contributed by atoms with Crippen LogP contribution in [-0.4, -0.2) is 25.8 Å². The van der Waals surface area contributed by atoms with E-state index in [1.165, 1.54) is 4.31 Å². The lowest BCUT2D eigenvalue weighted by Gasteiger charge is -2.24. The van der Waals surface area contributed by atoms with E-state index < -0.39 is 10.0 Å². The lowest BCUT2D eigenvalue weighted by molar-refractivity contribution is 0.399. The van der Waals surface area contributed by atoms with E-state index in [0.29, 0.717) is 17.9 Å². The van der Waals surface area contributed by atoms with Crippen LogP contribution in [0.4, 0.5) is 0 Å². The van der Waals surface area contributed by atoms with Gasteiger partial charge in [0.1, 0.15) is 0 Å². The maximum atomic E-state index is 12.7. The maximum absolute atomic E-state index is 12.7. The number of rotatable bonds is 9. The van der Waals surface area contributed by atoms with Crippen molar-refractivity contribution in [3.05, 3.63) is 67.8 Å². The van der Waals surface area contributed by atoms with E-state index in [1.54, 1.807) is 42.5 Å². The third-order valence-electron chi connectivity index (χ3n) is 3.23. The zero-order chi connectivity index (χ0) is 15.9. The molecule has 0 aromatic heterocycles. The van der Waals surface area contributed by atoms with Gasteiger partial charge in [-0.1, -0.05) is 35.9 Å². The zero-order valence-corrected chi connectivity index (χ0v) is 13.3. The number of hydrogen-bond acceptors (Lipinski definition) is 2. The molecule has 0 saturated heterocycles. The lowest BCUT2D eigenvalue weighted by Crippen LogP contribution is -2.35. The molecule has 0 heterocycles. The van der Waals surface area contributed by atoms with Gasteiger partial charge in [0.15, 0.2) is 0 Å². The van der Waals surface area contributed by atoms with Gasteiger partial charge in [-0.15, -0.1) is 19.7 Å². The van der Waals surface area contributed by atoms with Crippen molar-refractivity contribution in [3.63, 3.8) is 0 Å². The summed E-state index contributed by atoms with van der Waals surface area (Å²) in [5, 5.41) is 0. The Hall–Kier alpha value is -1.65. The van der Waals surface area contributed by atoms with E-state index in [2.05, 4.69) is 19.7 Å². The molecule has 3 nitrogen and oxygen atoms in total. The van der Waals surface area contributed by atoms with Crippen LogP contribution in [0, 0.1) is 12.8 Å². The molecule has 0 amide bonds. The molecule has 0 aliphatic rings. The summed E-state index contributed by atoms with van der Waals surface area (Å²) in [7, 11) is -3.52. The summed E-state index contributed by atoms with van der Waals surface area (Å²) in [6, 6.07) is 6.87. The first-order chi connectivity index (χ1) is 9.95. The summed E-state index contributed by atoms with van der Waals surface area (Å²) >= 11 is 0. The molecule has 0 aliphatic carbocycles. The first-order valence-electron chi connectivity index (χ1n) is 6.86. The van der Waals surface area contributed by atoms with E-state index in [-0.39, 0.29) is 12.5 Å². The molecule has 1 aromatic rings. The molecule has 21 heavy (non-hydrogen) atoms. The van der Waals surface area contributed by atoms with Crippen molar-refractivity contribution in [3.8, 4) is 0 Å². The Morgan fingerprint density at radius 2 is 1.76 bits per heavy atom. The van der Waals surface area contributed by atoms with Gasteiger partial charge in [-0.05, 0) is 31.4 Å². The van der Waals surface area contributed by atoms with E-state index >= 15 is 0 Å². The standard InChI is InChI=1S/C17H23NO2S/c1-5-8-16(7-3)14-18(13-6-2)21(19,20)17-11-9-15(4)10-12-17/h5-7,9-12,16H,1-3,8,13-14H2,4H3/t16-/m1/s1. The van der Waals surface area contributed by atoms with Crippen molar-refractivity contribution in [2.45, 2.75) is 18.2 Å². The SMILES string of the molecule is C=CC[C@@H](C=C)CN(CC=C)S(=O)(=O)c1ccc(C)cc1. The van der Waals surface area contributed by atoms with Crippen LogP contribution < -0.4 is 0 Å². The second kappa shape index (κ2) is 7.96. The van der Waals surface area contributed by atoms with Crippen molar-refractivity contribution < 1.29 is 8.42 Å². The summed E-state index contributed by atoms with van der Waals surface area (Å²) in [6.07, 6.45) is 5.83. The summed E-state index contributed by atoms with van der Waals surface area (Å²) in [6.45, 7) is 13.7.